The molecule has 1 unspecified atom stereocenters. The minimum absolute atomic E-state index is 0.271. The second-order valence-corrected chi connectivity index (χ2v) is 7.18. The number of fused-ring (bicyclic) bond motifs is 1. The number of amides is 1. The Morgan fingerprint density at radius 3 is 2.57 bits per heavy atom. The van der Waals surface area contributed by atoms with Crippen LogP contribution in [-0.2, 0) is 4.79 Å². The molecule has 2 heterocycles. The van der Waals surface area contributed by atoms with Gasteiger partial charge in [-0.05, 0) is 36.8 Å². The number of nitrogens with zero attached hydrogens (tertiary/aromatic N) is 2. The number of hydrogen-bond acceptors (Lipinski definition) is 4. The lowest BCUT2D eigenvalue weighted by Gasteiger charge is -2.15. The second kappa shape index (κ2) is 7.36. The molecule has 1 atom stereocenters. The lowest BCUT2D eigenvalue weighted by atomic mass is 10.1. The fraction of sp³-hybridized carbons (Fsp3) is 0.0952. The molecule has 4 aromatic rings. The number of thiophene rings is 1. The van der Waals surface area contributed by atoms with Gasteiger partial charge in [0.1, 0.15) is 16.7 Å². The molecular formula is C21H16FN3O2S. The Morgan fingerprint density at radius 1 is 1.14 bits per heavy atom. The van der Waals surface area contributed by atoms with Gasteiger partial charge in [-0.3, -0.25) is 14.2 Å². The average molecular weight is 393 g/mol. The average Bonchev–Trinajstić information content (AvgIpc) is 3.15. The van der Waals surface area contributed by atoms with Gasteiger partial charge in [0.2, 0.25) is 5.91 Å². The molecule has 2 aromatic heterocycles. The van der Waals surface area contributed by atoms with Crippen LogP contribution in [0.5, 0.6) is 0 Å². The monoisotopic (exact) mass is 393 g/mol. The molecule has 7 heteroatoms. The number of benzene rings is 2. The molecule has 0 saturated carbocycles. The lowest BCUT2D eigenvalue weighted by molar-refractivity contribution is -0.118. The molecule has 1 amide bonds. The molecule has 0 aliphatic rings. The van der Waals surface area contributed by atoms with E-state index < -0.39 is 6.04 Å². The van der Waals surface area contributed by atoms with E-state index in [2.05, 4.69) is 10.3 Å². The maximum atomic E-state index is 13.1. The van der Waals surface area contributed by atoms with Gasteiger partial charge in [0.25, 0.3) is 5.56 Å². The Labute approximate surface area is 164 Å². The van der Waals surface area contributed by atoms with Crippen molar-refractivity contribution < 1.29 is 9.18 Å². The molecule has 4 rings (SSSR count). The van der Waals surface area contributed by atoms with Crippen LogP contribution in [0.4, 0.5) is 10.1 Å². The summed E-state index contributed by atoms with van der Waals surface area (Å²) >= 11 is 1.40. The first-order valence-electron chi connectivity index (χ1n) is 8.65. The third-order valence-corrected chi connectivity index (χ3v) is 5.40. The van der Waals surface area contributed by atoms with Crippen molar-refractivity contribution >= 4 is 33.1 Å². The molecule has 0 fully saturated rings. The molecule has 140 valence electrons. The van der Waals surface area contributed by atoms with Gasteiger partial charge in [-0.15, -0.1) is 11.3 Å². The molecule has 0 spiro atoms. The fourth-order valence-corrected chi connectivity index (χ4v) is 3.86. The summed E-state index contributed by atoms with van der Waals surface area (Å²) in [5.74, 6) is -0.769. The van der Waals surface area contributed by atoms with Crippen molar-refractivity contribution in [2.45, 2.75) is 13.0 Å². The van der Waals surface area contributed by atoms with Crippen LogP contribution in [0.3, 0.4) is 0 Å². The van der Waals surface area contributed by atoms with E-state index in [1.807, 2.05) is 35.7 Å². The van der Waals surface area contributed by atoms with E-state index in [-0.39, 0.29) is 17.3 Å². The Balaban J connectivity index is 1.70. The maximum absolute atomic E-state index is 13.1. The van der Waals surface area contributed by atoms with Crippen molar-refractivity contribution in [3.8, 4) is 11.1 Å². The number of nitrogens with one attached hydrogen (secondary N) is 1. The third kappa shape index (κ3) is 3.32. The van der Waals surface area contributed by atoms with Crippen LogP contribution in [0.2, 0.25) is 0 Å². The van der Waals surface area contributed by atoms with E-state index in [0.29, 0.717) is 15.9 Å². The molecule has 0 radical (unpaired) electrons. The first kappa shape index (κ1) is 18.1. The summed E-state index contributed by atoms with van der Waals surface area (Å²) < 4.78 is 14.4. The summed E-state index contributed by atoms with van der Waals surface area (Å²) in [6, 6.07) is 14.3. The summed E-state index contributed by atoms with van der Waals surface area (Å²) in [6.45, 7) is 1.63. The predicted molar refractivity (Wildman–Crippen MR) is 109 cm³/mol. The number of anilines is 1. The van der Waals surface area contributed by atoms with Crippen molar-refractivity contribution in [1.82, 2.24) is 9.55 Å². The summed E-state index contributed by atoms with van der Waals surface area (Å²) in [6.07, 6.45) is 1.39. The van der Waals surface area contributed by atoms with E-state index in [1.165, 1.54) is 46.5 Å². The Hall–Kier alpha value is -3.32. The number of aromatic nitrogens is 2. The predicted octanol–water partition coefficient (Wildman–Crippen LogP) is 4.46. The topological polar surface area (TPSA) is 64.0 Å². The second-order valence-electron chi connectivity index (χ2n) is 6.32. The van der Waals surface area contributed by atoms with Crippen molar-refractivity contribution in [2.75, 3.05) is 5.32 Å². The van der Waals surface area contributed by atoms with Gasteiger partial charge in [-0.1, -0.05) is 30.3 Å². The highest BCUT2D eigenvalue weighted by atomic mass is 32.1. The quantitative estimate of drug-likeness (QED) is 0.557. The van der Waals surface area contributed by atoms with Crippen molar-refractivity contribution in [2.24, 2.45) is 0 Å². The van der Waals surface area contributed by atoms with Crippen LogP contribution in [0.25, 0.3) is 21.3 Å². The minimum Gasteiger partial charge on any atom is -0.324 e. The maximum Gasteiger partial charge on any atom is 0.263 e. The van der Waals surface area contributed by atoms with E-state index >= 15 is 0 Å². The SMILES string of the molecule is CC(C(=O)Nc1ccc(F)cc1)n1cnc2scc(-c3ccccc3)c2c1=O. The number of rotatable bonds is 4. The van der Waals surface area contributed by atoms with Crippen LogP contribution < -0.4 is 10.9 Å². The summed E-state index contributed by atoms with van der Waals surface area (Å²) in [5.41, 5.74) is 1.92. The third-order valence-electron chi connectivity index (χ3n) is 4.51. The molecule has 0 aliphatic carbocycles. The minimum atomic E-state index is -0.780. The van der Waals surface area contributed by atoms with E-state index in [1.54, 1.807) is 6.92 Å². The van der Waals surface area contributed by atoms with Crippen LogP contribution >= 0.6 is 11.3 Å². The van der Waals surface area contributed by atoms with Crippen LogP contribution in [0.15, 0.2) is 71.1 Å². The van der Waals surface area contributed by atoms with Gasteiger partial charge in [0.15, 0.2) is 0 Å². The number of carbonyl (C=O) groups excluding carboxylic acids is 1. The Bertz CT molecular complexity index is 1200. The highest BCUT2D eigenvalue weighted by Gasteiger charge is 2.20. The van der Waals surface area contributed by atoms with Crippen LogP contribution in [0, 0.1) is 5.82 Å². The zero-order chi connectivity index (χ0) is 19.7. The summed E-state index contributed by atoms with van der Waals surface area (Å²) in [4.78, 5) is 30.7. The van der Waals surface area contributed by atoms with E-state index in [0.717, 1.165) is 11.1 Å². The van der Waals surface area contributed by atoms with E-state index in [4.69, 9.17) is 0 Å². The fourth-order valence-electron chi connectivity index (χ4n) is 2.96. The summed E-state index contributed by atoms with van der Waals surface area (Å²) in [7, 11) is 0. The van der Waals surface area contributed by atoms with Gasteiger partial charge in [0.05, 0.1) is 11.7 Å². The summed E-state index contributed by atoms with van der Waals surface area (Å²) in [5, 5.41) is 5.10. The van der Waals surface area contributed by atoms with Crippen LogP contribution in [-0.4, -0.2) is 15.5 Å². The molecule has 0 bridgehead atoms. The molecule has 28 heavy (non-hydrogen) atoms. The normalized spacial score (nSPS) is 12.1. The number of carbonyl (C=O) groups is 1. The molecule has 0 aliphatic heterocycles. The van der Waals surface area contributed by atoms with Crippen molar-refractivity contribution in [3.05, 3.63) is 82.5 Å². The lowest BCUT2D eigenvalue weighted by Crippen LogP contribution is -2.31. The molecule has 2 aromatic carbocycles. The first-order valence-corrected chi connectivity index (χ1v) is 9.53. The van der Waals surface area contributed by atoms with Gasteiger partial charge in [0, 0.05) is 16.6 Å². The zero-order valence-corrected chi connectivity index (χ0v) is 15.7. The van der Waals surface area contributed by atoms with Crippen molar-refractivity contribution in [3.63, 3.8) is 0 Å². The smallest absolute Gasteiger partial charge is 0.263 e. The van der Waals surface area contributed by atoms with Crippen molar-refractivity contribution in [1.29, 1.82) is 0 Å². The zero-order valence-electron chi connectivity index (χ0n) is 14.9. The molecule has 0 saturated heterocycles. The van der Waals surface area contributed by atoms with Gasteiger partial charge < -0.3 is 5.32 Å². The number of halogens is 1. The molecule has 5 nitrogen and oxygen atoms in total. The largest absolute Gasteiger partial charge is 0.324 e. The molecular weight excluding hydrogens is 377 g/mol. The molecule has 1 N–H and O–H groups in total. The first-order chi connectivity index (χ1) is 13.5. The highest BCUT2D eigenvalue weighted by Crippen LogP contribution is 2.30. The van der Waals surface area contributed by atoms with Gasteiger partial charge in [-0.25, -0.2) is 9.37 Å². The number of hydrogen-bond donors (Lipinski definition) is 1. The Morgan fingerprint density at radius 2 is 1.86 bits per heavy atom. The Kier molecular flexibility index (Phi) is 4.75. The van der Waals surface area contributed by atoms with Gasteiger partial charge >= 0.3 is 0 Å². The van der Waals surface area contributed by atoms with Crippen LogP contribution in [0.1, 0.15) is 13.0 Å². The standard InChI is InChI=1S/C21H16FN3O2S/c1-13(19(26)24-16-9-7-15(22)8-10-16)25-12-23-20-18(21(25)27)17(11-28-20)14-5-3-2-4-6-14/h2-13H,1H3,(H,24,26). The van der Waals surface area contributed by atoms with Gasteiger partial charge in [-0.2, -0.15) is 0 Å². The van der Waals surface area contributed by atoms with E-state index in [9.17, 15) is 14.0 Å². The highest BCUT2D eigenvalue weighted by molar-refractivity contribution is 7.17.